The number of carbonyl (C=O) groups excluding carboxylic acids is 1. The van der Waals surface area contributed by atoms with Crippen LogP contribution < -0.4 is 9.47 Å². The molecule has 0 bridgehead atoms. The molecule has 6 heteroatoms. The van der Waals surface area contributed by atoms with Gasteiger partial charge in [0.2, 0.25) is 12.7 Å². The number of hydrogen-bond donors (Lipinski definition) is 1. The first-order valence-corrected chi connectivity index (χ1v) is 8.29. The van der Waals surface area contributed by atoms with Crippen LogP contribution >= 0.6 is 0 Å². The summed E-state index contributed by atoms with van der Waals surface area (Å²) in [6, 6.07) is 4.05. The lowest BCUT2D eigenvalue weighted by Gasteiger charge is -2.48. The summed E-state index contributed by atoms with van der Waals surface area (Å²) in [6.07, 6.45) is 2.53. The fourth-order valence-corrected chi connectivity index (χ4v) is 4.73. The molecule has 1 aliphatic carbocycles. The van der Waals surface area contributed by atoms with Gasteiger partial charge in [0, 0.05) is 20.1 Å². The van der Waals surface area contributed by atoms with Crippen LogP contribution in [-0.4, -0.2) is 48.6 Å². The molecule has 1 amide bonds. The molecule has 1 aromatic carbocycles. The Kier molecular flexibility index (Phi) is 2.82. The minimum atomic E-state index is -0.678. The minimum absolute atomic E-state index is 0.119. The van der Waals surface area contributed by atoms with Crippen LogP contribution in [0.4, 0.5) is 0 Å². The fraction of sp³-hybridized carbons (Fsp3) is 0.500. The highest BCUT2D eigenvalue weighted by Crippen LogP contribution is 2.55. The average Bonchev–Trinajstić information content (AvgIpc) is 3.13. The van der Waals surface area contributed by atoms with Crippen LogP contribution in [0.5, 0.6) is 11.5 Å². The Morgan fingerprint density at radius 3 is 2.92 bits per heavy atom. The number of hydrogen-bond acceptors (Lipinski definition) is 5. The monoisotopic (exact) mass is 329 g/mol. The summed E-state index contributed by atoms with van der Waals surface area (Å²) in [7, 11) is 1.61. The number of carbonyl (C=O) groups is 1. The molecule has 1 N–H and O–H groups in total. The lowest BCUT2D eigenvalue weighted by Crippen LogP contribution is -2.53. The van der Waals surface area contributed by atoms with Crippen molar-refractivity contribution >= 4 is 5.91 Å². The third-order valence-electron chi connectivity index (χ3n) is 5.84. The Bertz CT molecular complexity index is 773. The van der Waals surface area contributed by atoms with Gasteiger partial charge in [-0.3, -0.25) is 4.79 Å². The second-order valence-electron chi connectivity index (χ2n) is 6.86. The first kappa shape index (κ1) is 14.3. The van der Waals surface area contributed by atoms with Gasteiger partial charge in [0.25, 0.3) is 0 Å². The van der Waals surface area contributed by atoms with Crippen molar-refractivity contribution in [3.63, 3.8) is 0 Å². The van der Waals surface area contributed by atoms with Crippen molar-refractivity contribution in [1.82, 2.24) is 4.90 Å². The molecule has 1 aromatic rings. The number of benzene rings is 1. The van der Waals surface area contributed by atoms with E-state index in [1.165, 1.54) is 5.56 Å². The van der Waals surface area contributed by atoms with E-state index in [1.807, 2.05) is 23.1 Å². The Hall–Kier alpha value is -2.05. The predicted molar refractivity (Wildman–Crippen MR) is 83.8 cm³/mol. The zero-order chi connectivity index (χ0) is 16.5. The van der Waals surface area contributed by atoms with Gasteiger partial charge in [0.1, 0.15) is 0 Å². The van der Waals surface area contributed by atoms with E-state index in [2.05, 4.69) is 0 Å². The molecule has 0 unspecified atom stereocenters. The van der Waals surface area contributed by atoms with Gasteiger partial charge < -0.3 is 24.2 Å². The Morgan fingerprint density at radius 2 is 2.12 bits per heavy atom. The number of aliphatic hydroxyl groups excluding tert-OH is 1. The van der Waals surface area contributed by atoms with Crippen molar-refractivity contribution in [3.8, 4) is 11.5 Å². The highest BCUT2D eigenvalue weighted by molar-refractivity contribution is 5.86. The first-order chi connectivity index (χ1) is 11.6. The SMILES string of the molecule is CO[C@@H]1C[C@@]23C(=C[C@H]1O)CC(=O)N2CCc1cc2c(cc13)OCO2. The molecule has 3 heterocycles. The summed E-state index contributed by atoms with van der Waals surface area (Å²) in [4.78, 5) is 14.6. The maximum absolute atomic E-state index is 12.6. The second-order valence-corrected chi connectivity index (χ2v) is 6.86. The summed E-state index contributed by atoms with van der Waals surface area (Å²) in [5, 5.41) is 10.3. The van der Waals surface area contributed by atoms with Crippen LogP contribution in [0, 0.1) is 0 Å². The van der Waals surface area contributed by atoms with E-state index < -0.39 is 11.6 Å². The molecule has 126 valence electrons. The van der Waals surface area contributed by atoms with Crippen LogP contribution in [0.2, 0.25) is 0 Å². The molecule has 1 spiro atoms. The van der Waals surface area contributed by atoms with E-state index >= 15 is 0 Å². The van der Waals surface area contributed by atoms with Gasteiger partial charge in [0.05, 0.1) is 24.2 Å². The average molecular weight is 329 g/mol. The molecular weight excluding hydrogens is 310 g/mol. The third-order valence-corrected chi connectivity index (χ3v) is 5.84. The third kappa shape index (κ3) is 1.65. The molecule has 3 aliphatic heterocycles. The highest BCUT2D eigenvalue weighted by Gasteiger charge is 2.56. The highest BCUT2D eigenvalue weighted by atomic mass is 16.7. The molecule has 0 saturated carbocycles. The number of amides is 1. The van der Waals surface area contributed by atoms with Crippen LogP contribution in [0.1, 0.15) is 24.0 Å². The quantitative estimate of drug-likeness (QED) is 0.782. The summed E-state index contributed by atoms with van der Waals surface area (Å²) >= 11 is 0. The Morgan fingerprint density at radius 1 is 1.33 bits per heavy atom. The van der Waals surface area contributed by atoms with Gasteiger partial charge in [-0.05, 0) is 35.3 Å². The summed E-state index contributed by atoms with van der Waals surface area (Å²) in [5.41, 5.74) is 2.73. The van der Waals surface area contributed by atoms with Crippen molar-refractivity contribution in [1.29, 1.82) is 0 Å². The first-order valence-electron chi connectivity index (χ1n) is 8.29. The van der Waals surface area contributed by atoms with Crippen molar-refractivity contribution in [3.05, 3.63) is 34.9 Å². The topological polar surface area (TPSA) is 68.2 Å². The number of ether oxygens (including phenoxy) is 3. The Labute approximate surface area is 139 Å². The number of nitrogens with zero attached hydrogens (tertiary/aromatic N) is 1. The molecule has 0 radical (unpaired) electrons. The van der Waals surface area contributed by atoms with Crippen molar-refractivity contribution in [2.75, 3.05) is 20.4 Å². The van der Waals surface area contributed by atoms with Crippen LogP contribution in [0.25, 0.3) is 0 Å². The molecular formula is C18H19NO5. The minimum Gasteiger partial charge on any atom is -0.454 e. The molecule has 3 atom stereocenters. The molecule has 0 aromatic heterocycles. The maximum Gasteiger partial charge on any atom is 0.231 e. The lowest BCUT2D eigenvalue weighted by molar-refractivity contribution is -0.133. The zero-order valence-electron chi connectivity index (χ0n) is 13.4. The standard InChI is InChI=1S/C18H19NO5/c1-22-16-8-18-11(5-13(16)20)6-17(21)19(18)3-2-10-4-14-15(7-12(10)18)24-9-23-14/h4-5,7,13,16,20H,2-3,6,8-9H2,1H3/t13-,16-,18+/m1/s1. The van der Waals surface area contributed by atoms with Gasteiger partial charge >= 0.3 is 0 Å². The molecule has 24 heavy (non-hydrogen) atoms. The van der Waals surface area contributed by atoms with E-state index in [0.717, 1.165) is 29.1 Å². The lowest BCUT2D eigenvalue weighted by atomic mass is 9.70. The predicted octanol–water partition coefficient (Wildman–Crippen LogP) is 1.10. The number of aliphatic hydroxyl groups is 1. The van der Waals surface area contributed by atoms with E-state index in [0.29, 0.717) is 19.4 Å². The molecule has 1 saturated heterocycles. The zero-order valence-corrected chi connectivity index (χ0v) is 13.4. The molecule has 5 rings (SSSR count). The van der Waals surface area contributed by atoms with Gasteiger partial charge in [-0.15, -0.1) is 0 Å². The van der Waals surface area contributed by atoms with E-state index in [-0.39, 0.29) is 18.8 Å². The van der Waals surface area contributed by atoms with Crippen molar-refractivity contribution < 1.29 is 24.1 Å². The van der Waals surface area contributed by atoms with Gasteiger partial charge in [-0.2, -0.15) is 0 Å². The number of fused-ring (bicyclic) bond motifs is 2. The maximum atomic E-state index is 12.6. The summed E-state index contributed by atoms with van der Waals surface area (Å²) in [5.74, 6) is 1.62. The Balaban J connectivity index is 1.74. The van der Waals surface area contributed by atoms with Gasteiger partial charge in [-0.1, -0.05) is 6.08 Å². The number of rotatable bonds is 1. The summed E-state index contributed by atoms with van der Waals surface area (Å²) in [6.45, 7) is 0.908. The fourth-order valence-electron chi connectivity index (χ4n) is 4.73. The normalized spacial score (nSPS) is 33.0. The smallest absolute Gasteiger partial charge is 0.231 e. The van der Waals surface area contributed by atoms with E-state index in [1.54, 1.807) is 7.11 Å². The van der Waals surface area contributed by atoms with E-state index in [4.69, 9.17) is 14.2 Å². The molecule has 4 aliphatic rings. The molecule has 1 fully saturated rings. The van der Waals surface area contributed by atoms with Crippen molar-refractivity contribution in [2.45, 2.75) is 37.0 Å². The summed E-state index contributed by atoms with van der Waals surface area (Å²) < 4.78 is 16.6. The van der Waals surface area contributed by atoms with Crippen LogP contribution in [0.15, 0.2) is 23.8 Å². The van der Waals surface area contributed by atoms with E-state index in [9.17, 15) is 9.90 Å². The largest absolute Gasteiger partial charge is 0.454 e. The van der Waals surface area contributed by atoms with Crippen LogP contribution in [0.3, 0.4) is 0 Å². The number of methoxy groups -OCH3 is 1. The van der Waals surface area contributed by atoms with Gasteiger partial charge in [0.15, 0.2) is 11.5 Å². The van der Waals surface area contributed by atoms with Crippen molar-refractivity contribution in [2.24, 2.45) is 0 Å². The second kappa shape index (κ2) is 4.74. The van der Waals surface area contributed by atoms with Crippen LogP contribution in [-0.2, 0) is 21.5 Å². The van der Waals surface area contributed by atoms with Gasteiger partial charge in [-0.25, -0.2) is 0 Å². The molecule has 6 nitrogen and oxygen atoms in total.